The molecular formula is C13H13BrN2OS. The predicted molar refractivity (Wildman–Crippen MR) is 78.7 cm³/mol. The number of hydrogen-bond donors (Lipinski definition) is 1. The maximum absolute atomic E-state index is 12.2. The smallest absolute Gasteiger partial charge is 0.256 e. The van der Waals surface area contributed by atoms with Gasteiger partial charge in [-0.1, -0.05) is 12.1 Å². The molecule has 1 heterocycles. The molecule has 0 saturated carbocycles. The second kappa shape index (κ2) is 5.54. The van der Waals surface area contributed by atoms with Crippen molar-refractivity contribution in [3.05, 3.63) is 50.6 Å². The van der Waals surface area contributed by atoms with Gasteiger partial charge in [-0.15, -0.1) is 11.3 Å². The lowest BCUT2D eigenvalue weighted by Crippen LogP contribution is -2.26. The van der Waals surface area contributed by atoms with Gasteiger partial charge in [-0.3, -0.25) is 4.79 Å². The third-order valence-corrected chi connectivity index (χ3v) is 4.52. The number of nitrogens with two attached hydrogens (primary N) is 1. The Balaban J connectivity index is 2.15. The highest BCUT2D eigenvalue weighted by molar-refractivity contribution is 9.10. The molecule has 1 aromatic heterocycles. The number of anilines is 1. The average Bonchev–Trinajstić information content (AvgIpc) is 2.75. The highest BCUT2D eigenvalue weighted by Gasteiger charge is 2.15. The summed E-state index contributed by atoms with van der Waals surface area (Å²) < 4.78 is 1.04. The van der Waals surface area contributed by atoms with Gasteiger partial charge < -0.3 is 10.6 Å². The molecule has 94 valence electrons. The van der Waals surface area contributed by atoms with Crippen LogP contribution in [-0.4, -0.2) is 17.9 Å². The fraction of sp³-hybridized carbons (Fsp3) is 0.154. The number of para-hydroxylation sites is 1. The van der Waals surface area contributed by atoms with Crippen LogP contribution in [0.4, 0.5) is 5.69 Å². The minimum Gasteiger partial charge on any atom is -0.398 e. The van der Waals surface area contributed by atoms with Crippen LogP contribution in [0.1, 0.15) is 15.2 Å². The number of carbonyl (C=O) groups excluding carboxylic acids is 1. The Morgan fingerprint density at radius 3 is 2.72 bits per heavy atom. The maximum atomic E-state index is 12.2. The summed E-state index contributed by atoms with van der Waals surface area (Å²) in [6.07, 6.45) is 0. The number of amides is 1. The van der Waals surface area contributed by atoms with Gasteiger partial charge in [0.2, 0.25) is 0 Å². The standard InChI is InChI=1S/C13H13BrN2OS/c1-16(8-12-10(14)6-7-18-12)13(17)9-4-2-3-5-11(9)15/h2-7H,8,15H2,1H3. The summed E-state index contributed by atoms with van der Waals surface area (Å²) in [7, 11) is 1.78. The lowest BCUT2D eigenvalue weighted by molar-refractivity contribution is 0.0787. The summed E-state index contributed by atoms with van der Waals surface area (Å²) in [5, 5.41) is 1.99. The average molecular weight is 325 g/mol. The molecule has 0 fully saturated rings. The molecule has 2 rings (SSSR count). The number of carbonyl (C=O) groups is 1. The predicted octanol–water partition coefficient (Wildman–Crippen LogP) is 3.37. The molecule has 5 heteroatoms. The summed E-state index contributed by atoms with van der Waals surface area (Å²) in [6, 6.07) is 9.11. The van der Waals surface area contributed by atoms with Crippen LogP contribution in [0, 0.1) is 0 Å². The van der Waals surface area contributed by atoms with Crippen LogP contribution < -0.4 is 5.73 Å². The van der Waals surface area contributed by atoms with Crippen molar-refractivity contribution >= 4 is 38.9 Å². The molecule has 0 aliphatic carbocycles. The van der Waals surface area contributed by atoms with E-state index in [2.05, 4.69) is 15.9 Å². The van der Waals surface area contributed by atoms with E-state index in [-0.39, 0.29) is 5.91 Å². The van der Waals surface area contributed by atoms with E-state index in [1.807, 2.05) is 23.6 Å². The van der Waals surface area contributed by atoms with Gasteiger partial charge >= 0.3 is 0 Å². The summed E-state index contributed by atoms with van der Waals surface area (Å²) >= 11 is 5.09. The summed E-state index contributed by atoms with van der Waals surface area (Å²) in [5.41, 5.74) is 6.87. The van der Waals surface area contributed by atoms with Crippen LogP contribution in [0.5, 0.6) is 0 Å². The van der Waals surface area contributed by atoms with Crippen molar-refractivity contribution in [3.63, 3.8) is 0 Å². The largest absolute Gasteiger partial charge is 0.398 e. The van der Waals surface area contributed by atoms with Crippen LogP contribution in [-0.2, 0) is 6.54 Å². The van der Waals surface area contributed by atoms with E-state index in [4.69, 9.17) is 5.73 Å². The molecule has 3 nitrogen and oxygen atoms in total. The zero-order chi connectivity index (χ0) is 13.1. The van der Waals surface area contributed by atoms with Crippen LogP contribution >= 0.6 is 27.3 Å². The van der Waals surface area contributed by atoms with Crippen LogP contribution in [0.15, 0.2) is 40.2 Å². The molecule has 0 atom stereocenters. The van der Waals surface area contributed by atoms with Gasteiger partial charge in [0, 0.05) is 22.1 Å². The lowest BCUT2D eigenvalue weighted by Gasteiger charge is -2.17. The fourth-order valence-electron chi connectivity index (χ4n) is 1.62. The Hall–Kier alpha value is -1.33. The summed E-state index contributed by atoms with van der Waals surface area (Å²) in [6.45, 7) is 0.575. The number of rotatable bonds is 3. The first-order valence-corrected chi connectivity index (χ1v) is 7.08. The Labute approximate surface area is 118 Å². The SMILES string of the molecule is CN(Cc1sccc1Br)C(=O)c1ccccc1N. The number of hydrogen-bond acceptors (Lipinski definition) is 3. The third kappa shape index (κ3) is 2.73. The Morgan fingerprint density at radius 1 is 1.39 bits per heavy atom. The van der Waals surface area contributed by atoms with Gasteiger partial charge in [-0.05, 0) is 39.5 Å². The van der Waals surface area contributed by atoms with E-state index in [1.54, 1.807) is 35.4 Å². The molecule has 0 spiro atoms. The molecule has 0 aliphatic heterocycles. The monoisotopic (exact) mass is 324 g/mol. The molecule has 2 N–H and O–H groups in total. The van der Waals surface area contributed by atoms with E-state index in [0.29, 0.717) is 17.8 Å². The molecule has 1 aromatic carbocycles. The van der Waals surface area contributed by atoms with Crippen LogP contribution in [0.3, 0.4) is 0 Å². The van der Waals surface area contributed by atoms with Crippen molar-refractivity contribution in [1.82, 2.24) is 4.90 Å². The minimum atomic E-state index is -0.0617. The van der Waals surface area contributed by atoms with Gasteiger partial charge in [0.25, 0.3) is 5.91 Å². The van der Waals surface area contributed by atoms with Crippen molar-refractivity contribution in [2.45, 2.75) is 6.54 Å². The van der Waals surface area contributed by atoms with Crippen molar-refractivity contribution in [1.29, 1.82) is 0 Å². The zero-order valence-corrected chi connectivity index (χ0v) is 12.3. The first kappa shape index (κ1) is 13.1. The third-order valence-electron chi connectivity index (χ3n) is 2.61. The molecule has 0 radical (unpaired) electrons. The molecule has 0 saturated heterocycles. The molecule has 18 heavy (non-hydrogen) atoms. The first-order valence-electron chi connectivity index (χ1n) is 5.41. The molecule has 0 bridgehead atoms. The van der Waals surface area contributed by atoms with Gasteiger partial charge in [-0.25, -0.2) is 0 Å². The van der Waals surface area contributed by atoms with E-state index in [1.165, 1.54) is 0 Å². The minimum absolute atomic E-state index is 0.0617. The maximum Gasteiger partial charge on any atom is 0.256 e. The summed E-state index contributed by atoms with van der Waals surface area (Å²) in [5.74, 6) is -0.0617. The second-order valence-electron chi connectivity index (χ2n) is 3.94. The van der Waals surface area contributed by atoms with Gasteiger partial charge in [-0.2, -0.15) is 0 Å². The second-order valence-corrected chi connectivity index (χ2v) is 5.80. The molecule has 0 aliphatic rings. The van der Waals surface area contributed by atoms with E-state index in [9.17, 15) is 4.79 Å². The highest BCUT2D eigenvalue weighted by atomic mass is 79.9. The van der Waals surface area contributed by atoms with Gasteiger partial charge in [0.05, 0.1) is 12.1 Å². The molecular weight excluding hydrogens is 312 g/mol. The number of nitrogens with zero attached hydrogens (tertiary/aromatic N) is 1. The molecule has 0 unspecified atom stereocenters. The number of nitrogen functional groups attached to an aromatic ring is 1. The zero-order valence-electron chi connectivity index (χ0n) is 9.89. The topological polar surface area (TPSA) is 46.3 Å². The van der Waals surface area contributed by atoms with Crippen LogP contribution in [0.2, 0.25) is 0 Å². The molecule has 2 aromatic rings. The lowest BCUT2D eigenvalue weighted by atomic mass is 10.1. The molecule has 1 amide bonds. The Bertz CT molecular complexity index is 568. The van der Waals surface area contributed by atoms with Crippen LogP contribution in [0.25, 0.3) is 0 Å². The highest BCUT2D eigenvalue weighted by Crippen LogP contribution is 2.24. The van der Waals surface area contributed by atoms with Crippen molar-refractivity contribution in [2.75, 3.05) is 12.8 Å². The Morgan fingerprint density at radius 2 is 2.11 bits per heavy atom. The van der Waals surface area contributed by atoms with Gasteiger partial charge in [0.15, 0.2) is 0 Å². The quantitative estimate of drug-likeness (QED) is 0.880. The normalized spacial score (nSPS) is 10.3. The van der Waals surface area contributed by atoms with E-state index < -0.39 is 0 Å². The van der Waals surface area contributed by atoms with Crippen molar-refractivity contribution in [3.8, 4) is 0 Å². The van der Waals surface area contributed by atoms with Gasteiger partial charge in [0.1, 0.15) is 0 Å². The number of halogens is 1. The fourth-order valence-corrected chi connectivity index (χ4v) is 3.15. The van der Waals surface area contributed by atoms with Crippen molar-refractivity contribution in [2.24, 2.45) is 0 Å². The number of thiophene rings is 1. The number of benzene rings is 1. The van der Waals surface area contributed by atoms with E-state index in [0.717, 1.165) is 9.35 Å². The van der Waals surface area contributed by atoms with E-state index >= 15 is 0 Å². The first-order chi connectivity index (χ1) is 8.59. The van der Waals surface area contributed by atoms with Crippen molar-refractivity contribution < 1.29 is 4.79 Å². The summed E-state index contributed by atoms with van der Waals surface area (Å²) in [4.78, 5) is 15.0. The Kier molecular flexibility index (Phi) is 4.04.